The number of hydrogen-bond donors (Lipinski definition) is 1. The number of amides is 1. The second-order valence-electron chi connectivity index (χ2n) is 5.14. The number of rotatable bonds is 5. The number of anilines is 1. The summed E-state index contributed by atoms with van der Waals surface area (Å²) in [7, 11) is 0. The highest BCUT2D eigenvalue weighted by Gasteiger charge is 2.31. The van der Waals surface area contributed by atoms with Gasteiger partial charge in [0, 0.05) is 5.69 Å². The fraction of sp³-hybridized carbons (Fsp3) is 0.188. The third kappa shape index (κ3) is 4.64. The Hall–Kier alpha value is -2.33. The maximum Gasteiger partial charge on any atom is 0.573 e. The first-order chi connectivity index (χ1) is 12.3. The third-order valence-electron chi connectivity index (χ3n) is 3.22. The van der Waals surface area contributed by atoms with Crippen LogP contribution in [0.25, 0.3) is 10.2 Å². The van der Waals surface area contributed by atoms with Gasteiger partial charge in [0.2, 0.25) is 5.91 Å². The lowest BCUT2D eigenvalue weighted by Crippen LogP contribution is -2.22. The van der Waals surface area contributed by atoms with Gasteiger partial charge in [0.15, 0.2) is 0 Å². The number of halogens is 3. The molecule has 3 rings (SSSR count). The molecule has 1 N–H and O–H groups in total. The monoisotopic (exact) mass is 399 g/mol. The summed E-state index contributed by atoms with van der Waals surface area (Å²) in [4.78, 5) is 20.7. The summed E-state index contributed by atoms with van der Waals surface area (Å²) in [6.07, 6.45) is -3.30. The number of benzene rings is 1. The van der Waals surface area contributed by atoms with Crippen molar-refractivity contribution in [3.8, 4) is 5.75 Å². The van der Waals surface area contributed by atoms with E-state index in [1.807, 2.05) is 11.4 Å². The molecule has 1 atom stereocenters. The molecule has 0 aliphatic heterocycles. The Morgan fingerprint density at radius 2 is 1.96 bits per heavy atom. The summed E-state index contributed by atoms with van der Waals surface area (Å²) in [5.41, 5.74) is 1.20. The molecule has 0 spiro atoms. The number of thiophene rings is 1. The fourth-order valence-electron chi connectivity index (χ4n) is 2.06. The second kappa shape index (κ2) is 7.50. The topological polar surface area (TPSA) is 64.1 Å². The molecule has 26 heavy (non-hydrogen) atoms. The van der Waals surface area contributed by atoms with Gasteiger partial charge in [0.1, 0.15) is 17.1 Å². The molecule has 5 nitrogen and oxygen atoms in total. The summed E-state index contributed by atoms with van der Waals surface area (Å²) < 4.78 is 41.1. The van der Waals surface area contributed by atoms with Crippen LogP contribution in [-0.2, 0) is 4.79 Å². The molecule has 0 fully saturated rings. The number of carbonyl (C=O) groups excluding carboxylic acids is 1. The van der Waals surface area contributed by atoms with Crippen LogP contribution in [0.2, 0.25) is 0 Å². The van der Waals surface area contributed by atoms with Crippen LogP contribution in [-0.4, -0.2) is 27.5 Å². The van der Waals surface area contributed by atoms with Crippen molar-refractivity contribution in [2.45, 2.75) is 23.6 Å². The number of fused-ring (bicyclic) bond motifs is 1. The van der Waals surface area contributed by atoms with E-state index in [4.69, 9.17) is 0 Å². The van der Waals surface area contributed by atoms with E-state index in [1.165, 1.54) is 41.6 Å². The molecule has 3 aromatic rings. The summed E-state index contributed by atoms with van der Waals surface area (Å²) in [6.45, 7) is 1.72. The molecule has 0 saturated heterocycles. The first-order valence-corrected chi connectivity index (χ1v) is 9.09. The maximum atomic E-state index is 12.3. The number of aromatic nitrogens is 2. The minimum atomic E-state index is -4.75. The molecule has 1 amide bonds. The van der Waals surface area contributed by atoms with E-state index < -0.39 is 11.6 Å². The number of ether oxygens (including phenoxy) is 1. The molecule has 1 unspecified atom stereocenters. The number of nitrogens with zero attached hydrogens (tertiary/aromatic N) is 2. The normalized spacial score (nSPS) is 12.8. The first-order valence-electron chi connectivity index (χ1n) is 7.33. The lowest BCUT2D eigenvalue weighted by molar-refractivity contribution is -0.274. The van der Waals surface area contributed by atoms with Crippen LogP contribution >= 0.6 is 23.1 Å². The van der Waals surface area contributed by atoms with Gasteiger partial charge in [-0.2, -0.15) is 0 Å². The zero-order valence-corrected chi connectivity index (χ0v) is 14.9. The van der Waals surface area contributed by atoms with Crippen LogP contribution in [0.5, 0.6) is 5.75 Å². The van der Waals surface area contributed by atoms with E-state index in [9.17, 15) is 18.0 Å². The minimum absolute atomic E-state index is 0.289. The SMILES string of the molecule is CC(Sc1ncnc2ccsc12)C(=O)Nc1ccc(OC(F)(F)F)cc1. The quantitative estimate of drug-likeness (QED) is 0.497. The van der Waals surface area contributed by atoms with Crippen LogP contribution in [0.4, 0.5) is 18.9 Å². The maximum absolute atomic E-state index is 12.3. The number of alkyl halides is 3. The van der Waals surface area contributed by atoms with E-state index >= 15 is 0 Å². The summed E-state index contributed by atoms with van der Waals surface area (Å²) >= 11 is 2.78. The van der Waals surface area contributed by atoms with Gasteiger partial charge in [0.05, 0.1) is 15.5 Å². The Labute approximate surface area is 154 Å². The van der Waals surface area contributed by atoms with Crippen LogP contribution in [0.1, 0.15) is 6.92 Å². The highest BCUT2D eigenvalue weighted by molar-refractivity contribution is 8.00. The zero-order chi connectivity index (χ0) is 18.7. The molecule has 10 heteroatoms. The van der Waals surface area contributed by atoms with Crippen LogP contribution in [0.3, 0.4) is 0 Å². The highest BCUT2D eigenvalue weighted by Crippen LogP contribution is 2.31. The van der Waals surface area contributed by atoms with Crippen molar-refractivity contribution in [3.05, 3.63) is 42.0 Å². The summed E-state index contributed by atoms with van der Waals surface area (Å²) in [5.74, 6) is -0.637. The Morgan fingerprint density at radius 1 is 1.23 bits per heavy atom. The molecule has 1 aromatic carbocycles. The van der Waals surface area contributed by atoms with Gasteiger partial charge in [-0.25, -0.2) is 9.97 Å². The van der Waals surface area contributed by atoms with E-state index in [2.05, 4.69) is 20.0 Å². The smallest absolute Gasteiger partial charge is 0.406 e. The van der Waals surface area contributed by atoms with Gasteiger partial charge in [-0.05, 0) is 42.6 Å². The van der Waals surface area contributed by atoms with E-state index in [0.717, 1.165) is 22.3 Å². The molecular weight excluding hydrogens is 387 g/mol. The molecule has 2 aromatic heterocycles. The van der Waals surface area contributed by atoms with Crippen molar-refractivity contribution in [1.82, 2.24) is 9.97 Å². The lowest BCUT2D eigenvalue weighted by Gasteiger charge is -2.13. The largest absolute Gasteiger partial charge is 0.573 e. The fourth-order valence-corrected chi connectivity index (χ4v) is 3.89. The van der Waals surface area contributed by atoms with Gasteiger partial charge in [-0.3, -0.25) is 4.79 Å². The molecule has 0 aliphatic rings. The number of hydrogen-bond acceptors (Lipinski definition) is 6. The molecule has 0 bridgehead atoms. The number of thioether (sulfide) groups is 1. The average Bonchev–Trinajstić information content (AvgIpc) is 3.05. The first kappa shape index (κ1) is 18.5. The molecular formula is C16H12F3N3O2S2. The minimum Gasteiger partial charge on any atom is -0.406 e. The Balaban J connectivity index is 1.63. The van der Waals surface area contributed by atoms with E-state index in [-0.39, 0.29) is 11.7 Å². The predicted octanol–water partition coefficient (Wildman–Crippen LogP) is 4.71. The van der Waals surface area contributed by atoms with Gasteiger partial charge in [-0.1, -0.05) is 11.8 Å². The number of nitrogens with one attached hydrogen (secondary N) is 1. The van der Waals surface area contributed by atoms with Gasteiger partial charge < -0.3 is 10.1 Å². The molecule has 2 heterocycles. The molecule has 0 radical (unpaired) electrons. The summed E-state index contributed by atoms with van der Waals surface area (Å²) in [6, 6.07) is 6.85. The van der Waals surface area contributed by atoms with Crippen LogP contribution in [0, 0.1) is 0 Å². The highest BCUT2D eigenvalue weighted by atomic mass is 32.2. The zero-order valence-electron chi connectivity index (χ0n) is 13.3. The van der Waals surface area contributed by atoms with Crippen molar-refractivity contribution in [2.24, 2.45) is 0 Å². The van der Waals surface area contributed by atoms with Crippen molar-refractivity contribution in [1.29, 1.82) is 0 Å². The third-order valence-corrected chi connectivity index (χ3v) is 5.36. The van der Waals surface area contributed by atoms with E-state index in [1.54, 1.807) is 6.92 Å². The molecule has 0 aliphatic carbocycles. The standard InChI is InChI=1S/C16H12F3N3O2S2/c1-9(26-15-13-12(6-7-25-13)20-8-21-15)14(23)22-10-2-4-11(5-3-10)24-16(17,18)19/h2-9H,1H3,(H,22,23). The van der Waals surface area contributed by atoms with Gasteiger partial charge in [-0.15, -0.1) is 24.5 Å². The van der Waals surface area contributed by atoms with E-state index in [0.29, 0.717) is 10.7 Å². The predicted molar refractivity (Wildman–Crippen MR) is 94.5 cm³/mol. The van der Waals surface area contributed by atoms with Crippen molar-refractivity contribution >= 4 is 44.9 Å². The molecule has 136 valence electrons. The van der Waals surface area contributed by atoms with Crippen LogP contribution in [0.15, 0.2) is 47.1 Å². The molecule has 0 saturated carbocycles. The van der Waals surface area contributed by atoms with Gasteiger partial charge >= 0.3 is 6.36 Å². The number of carbonyl (C=O) groups is 1. The van der Waals surface area contributed by atoms with Crippen molar-refractivity contribution in [2.75, 3.05) is 5.32 Å². The summed E-state index contributed by atoms with van der Waals surface area (Å²) in [5, 5.41) is 4.81. The Bertz CT molecular complexity index is 913. The van der Waals surface area contributed by atoms with Crippen molar-refractivity contribution < 1.29 is 22.7 Å². The second-order valence-corrected chi connectivity index (χ2v) is 7.38. The van der Waals surface area contributed by atoms with Gasteiger partial charge in [0.25, 0.3) is 0 Å². The Kier molecular flexibility index (Phi) is 5.33. The average molecular weight is 399 g/mol. The Morgan fingerprint density at radius 3 is 2.65 bits per heavy atom. The lowest BCUT2D eigenvalue weighted by atomic mass is 10.3. The van der Waals surface area contributed by atoms with Crippen LogP contribution < -0.4 is 10.1 Å². The van der Waals surface area contributed by atoms with Crippen molar-refractivity contribution in [3.63, 3.8) is 0 Å².